The van der Waals surface area contributed by atoms with Crippen LogP contribution >= 0.6 is 0 Å². The van der Waals surface area contributed by atoms with Crippen molar-refractivity contribution in [2.45, 2.75) is 248 Å². The van der Waals surface area contributed by atoms with E-state index in [1.165, 1.54) is 5.57 Å². The zero-order valence-electron chi connectivity index (χ0n) is 46.9. The van der Waals surface area contributed by atoms with Gasteiger partial charge >= 0.3 is 5.97 Å². The fourth-order valence-electron chi connectivity index (χ4n) is 16.9. The summed E-state index contributed by atoms with van der Waals surface area (Å²) in [6.45, 7) is 13.5. The predicted octanol–water partition coefficient (Wildman–Crippen LogP) is -1.09. The van der Waals surface area contributed by atoms with Crippen LogP contribution in [0.3, 0.4) is 0 Å². The van der Waals surface area contributed by atoms with Crippen molar-refractivity contribution in [3.05, 3.63) is 11.6 Å². The minimum atomic E-state index is -1.92. The van der Waals surface area contributed by atoms with E-state index in [0.717, 1.165) is 44.9 Å². The lowest BCUT2D eigenvalue weighted by atomic mass is 9.33. The lowest BCUT2D eigenvalue weighted by Gasteiger charge is -2.71. The molecule has 5 aliphatic carbocycles. The highest BCUT2D eigenvalue weighted by atomic mass is 16.8. The van der Waals surface area contributed by atoms with Gasteiger partial charge in [-0.25, -0.2) is 0 Å². The zero-order valence-corrected chi connectivity index (χ0v) is 46.9. The molecule has 13 N–H and O–H groups in total. The molecule has 4 saturated carbocycles. The van der Waals surface area contributed by atoms with Crippen LogP contribution in [0.25, 0.3) is 0 Å². The maximum absolute atomic E-state index is 13.3. The van der Waals surface area contributed by atoms with Gasteiger partial charge in [0.05, 0.1) is 44.6 Å². The molecule has 5 heterocycles. The van der Waals surface area contributed by atoms with Crippen molar-refractivity contribution in [3.63, 3.8) is 0 Å². The van der Waals surface area contributed by atoms with E-state index in [4.69, 9.17) is 47.4 Å². The second-order valence-electron chi connectivity index (χ2n) is 27.3. The summed E-state index contributed by atoms with van der Waals surface area (Å²) < 4.78 is 61.5. The number of hydrogen-bond acceptors (Lipinski definition) is 23. The van der Waals surface area contributed by atoms with Gasteiger partial charge in [0.1, 0.15) is 97.7 Å². The molecular formula is C56H90O24. The zero-order chi connectivity index (χ0) is 58.0. The van der Waals surface area contributed by atoms with Gasteiger partial charge in [0.25, 0.3) is 0 Å². The summed E-state index contributed by atoms with van der Waals surface area (Å²) in [5.41, 5.74) is -0.496. The maximum Gasteiger partial charge on any atom is 0.310 e. The van der Waals surface area contributed by atoms with Gasteiger partial charge in [0.15, 0.2) is 31.5 Å². The molecule has 0 radical (unpaired) electrons. The van der Waals surface area contributed by atoms with E-state index in [1.54, 1.807) is 0 Å². The number of carboxylic acids is 1. The van der Waals surface area contributed by atoms with E-state index in [-0.39, 0.29) is 39.4 Å². The fourth-order valence-corrected chi connectivity index (χ4v) is 16.9. The van der Waals surface area contributed by atoms with E-state index in [1.807, 2.05) is 0 Å². The van der Waals surface area contributed by atoms with Gasteiger partial charge in [0, 0.05) is 0 Å². The second kappa shape index (κ2) is 22.6. The van der Waals surface area contributed by atoms with Crippen molar-refractivity contribution < 1.29 is 119 Å². The Kier molecular flexibility index (Phi) is 17.3. The van der Waals surface area contributed by atoms with E-state index < -0.39 is 185 Å². The Hall–Kier alpha value is -1.67. The number of aliphatic carboxylic acids is 1. The smallest absolute Gasteiger partial charge is 0.310 e. The van der Waals surface area contributed by atoms with Crippen molar-refractivity contribution in [1.29, 1.82) is 0 Å². The second-order valence-corrected chi connectivity index (χ2v) is 27.3. The highest BCUT2D eigenvalue weighted by molar-refractivity contribution is 5.76. The van der Waals surface area contributed by atoms with Crippen molar-refractivity contribution in [2.75, 3.05) is 33.0 Å². The number of aliphatic hydroxyl groups excluding tert-OH is 12. The normalized spacial score (nSPS) is 54.0. The quantitative estimate of drug-likeness (QED) is 0.0816. The largest absolute Gasteiger partial charge is 0.481 e. The lowest BCUT2D eigenvalue weighted by Crippen LogP contribution is -2.67. The first-order valence-corrected chi connectivity index (χ1v) is 29.0. The third-order valence-electron chi connectivity index (χ3n) is 22.1. The maximum atomic E-state index is 13.3. The van der Waals surface area contributed by atoms with Gasteiger partial charge in [-0.1, -0.05) is 60.1 Å². The monoisotopic (exact) mass is 1150 g/mol. The Balaban J connectivity index is 0.945. The van der Waals surface area contributed by atoms with Crippen LogP contribution in [0, 0.1) is 50.2 Å². The summed E-state index contributed by atoms with van der Waals surface area (Å²) in [5.74, 6) is -0.351. The topological polar surface area (TPSA) is 372 Å². The Morgan fingerprint density at radius 3 is 1.76 bits per heavy atom. The summed E-state index contributed by atoms with van der Waals surface area (Å²) in [6, 6.07) is 0. The highest BCUT2D eigenvalue weighted by Crippen LogP contribution is 2.76. The van der Waals surface area contributed by atoms with Crippen LogP contribution in [0.15, 0.2) is 11.6 Å². The van der Waals surface area contributed by atoms with Crippen LogP contribution in [-0.2, 0) is 52.2 Å². The summed E-state index contributed by atoms with van der Waals surface area (Å²) >= 11 is 0. The Bertz CT molecular complexity index is 2220. The lowest BCUT2D eigenvalue weighted by molar-refractivity contribution is -0.399. The first kappa shape index (κ1) is 61.4. The average molecular weight is 1150 g/mol. The van der Waals surface area contributed by atoms with E-state index in [0.29, 0.717) is 19.3 Å². The van der Waals surface area contributed by atoms with E-state index in [9.17, 15) is 71.2 Å². The summed E-state index contributed by atoms with van der Waals surface area (Å²) in [4.78, 5) is 13.3. The number of allylic oxidation sites excluding steroid dienone is 2. The number of carbonyl (C=O) groups is 1. The number of fused-ring (bicyclic) bond motifs is 7. The molecule has 10 aliphatic rings. The van der Waals surface area contributed by atoms with Crippen LogP contribution in [0.1, 0.15) is 113 Å². The number of carboxylic acid groups (broad SMARTS) is 1. The molecule has 0 amide bonds. The SMILES string of the molecule is CC1(C)CC[C@]2(C(=O)O)CC[C@]3(C)C(=CC[C@@H]4[C@@]5(C)CC[C@H](O[C@@H]6OC[C@H](O)[C@H](O[C@@H]7O[C@H](CO)[C@@H](O)[C@H](O)[C@H]7O)[C@H]6O[C@@H]6OC[C@H](O[C@@H]7OC[C@@H](O)[C@H](O)[C@H]7O)[C@H](O)[C@H]6O[C@@H]6OC[C@@H](O)[C@H](O)[C@H]6O)C(C)(C)[C@@H]5CC[C@]43C)[C@@H]2C1. The Morgan fingerprint density at radius 2 is 1.11 bits per heavy atom. The third kappa shape index (κ3) is 10.3. The molecule has 80 heavy (non-hydrogen) atoms. The number of aliphatic hydroxyl groups is 12. The van der Waals surface area contributed by atoms with Crippen LogP contribution < -0.4 is 0 Å². The molecule has 0 aromatic rings. The van der Waals surface area contributed by atoms with Gasteiger partial charge in [0.2, 0.25) is 0 Å². The summed E-state index contributed by atoms with van der Waals surface area (Å²) in [7, 11) is 0. The van der Waals surface area contributed by atoms with E-state index in [2.05, 4.69) is 54.5 Å². The summed E-state index contributed by atoms with van der Waals surface area (Å²) in [6.07, 6.45) is -25.6. The summed E-state index contributed by atoms with van der Waals surface area (Å²) in [5, 5.41) is 141. The minimum Gasteiger partial charge on any atom is -0.481 e. The molecule has 0 spiro atoms. The van der Waals surface area contributed by atoms with Gasteiger partial charge in [-0.15, -0.1) is 0 Å². The van der Waals surface area contributed by atoms with Gasteiger partial charge in [-0.3, -0.25) is 4.79 Å². The first-order chi connectivity index (χ1) is 37.5. The molecule has 10 rings (SSSR count). The standard InChI is InChI=1S/C56H90O24/c1-51(2)14-16-56(50(69)70)17-15-54(6)24(25(56)18-51)8-9-32-53(5)12-11-33(52(3,4)31(53)10-13-55(32,54)7)77-49-44(42(28(60)22-73-49)78-47-41(68)38(65)36(63)29(19-57)75-47)80-48-43(79-46-40(67)35(62)27(59)21-72-46)37(64)30(23-74-48)76-45-39(66)34(61)26(58)20-71-45/h8,25-49,57-68H,9-23H2,1-7H3,(H,69,70)/t25-,26+,27+,28-,29+,30-,31-,32+,33-,34-,35-,36+,37-,38-,39+,40+,41+,42-,43+,44+,45-,46-,47-,48-,49-,53-,54+,55+,56-/m0/s1. The molecule has 458 valence electrons. The molecular weight excluding hydrogens is 1060 g/mol. The predicted molar refractivity (Wildman–Crippen MR) is 272 cm³/mol. The Morgan fingerprint density at radius 1 is 0.550 bits per heavy atom. The van der Waals surface area contributed by atoms with Crippen LogP contribution in [-0.4, -0.2) is 241 Å². The molecule has 0 unspecified atom stereocenters. The number of ether oxygens (including phenoxy) is 10. The van der Waals surface area contributed by atoms with Gasteiger partial charge < -0.3 is 114 Å². The van der Waals surface area contributed by atoms with Crippen LogP contribution in [0.5, 0.6) is 0 Å². The van der Waals surface area contributed by atoms with Crippen molar-refractivity contribution in [2.24, 2.45) is 50.2 Å². The average Bonchev–Trinajstić information content (AvgIpc) is 2.71. The van der Waals surface area contributed by atoms with Gasteiger partial charge in [-0.2, -0.15) is 0 Å². The molecule has 29 atom stereocenters. The molecule has 0 aromatic heterocycles. The Labute approximate surface area is 466 Å². The van der Waals surface area contributed by atoms with Crippen LogP contribution in [0.4, 0.5) is 0 Å². The molecule has 24 nitrogen and oxygen atoms in total. The molecule has 5 saturated heterocycles. The molecule has 0 bridgehead atoms. The van der Waals surface area contributed by atoms with Crippen molar-refractivity contribution >= 4 is 5.97 Å². The molecule has 0 aromatic carbocycles. The van der Waals surface area contributed by atoms with Crippen LogP contribution in [0.2, 0.25) is 0 Å². The fraction of sp³-hybridized carbons (Fsp3) is 0.946. The molecule has 5 aliphatic heterocycles. The molecule has 9 fully saturated rings. The minimum absolute atomic E-state index is 0.0259. The number of rotatable bonds is 12. The first-order valence-electron chi connectivity index (χ1n) is 29.0. The highest BCUT2D eigenvalue weighted by Gasteiger charge is 2.70. The van der Waals surface area contributed by atoms with Crippen molar-refractivity contribution in [3.8, 4) is 0 Å². The number of hydrogen-bond donors (Lipinski definition) is 13. The van der Waals surface area contributed by atoms with Gasteiger partial charge in [-0.05, 0) is 109 Å². The van der Waals surface area contributed by atoms with E-state index >= 15 is 0 Å². The molecule has 24 heteroatoms. The third-order valence-corrected chi connectivity index (χ3v) is 22.1. The van der Waals surface area contributed by atoms with Crippen molar-refractivity contribution in [1.82, 2.24) is 0 Å².